The molecule has 0 aliphatic heterocycles. The van der Waals surface area contributed by atoms with E-state index < -0.39 is 0 Å². The molecule has 1 aromatic carbocycles. The molecule has 0 atom stereocenters. The number of nitrogens with zero attached hydrogens (tertiary/aromatic N) is 1. The van der Waals surface area contributed by atoms with Crippen LogP contribution in [-0.2, 0) is 4.74 Å². The number of para-hydroxylation sites is 1. The molecular formula is C16H28N4O. The van der Waals surface area contributed by atoms with Crippen molar-refractivity contribution < 1.29 is 4.74 Å². The lowest BCUT2D eigenvalue weighted by molar-refractivity contribution is 0.0268. The van der Waals surface area contributed by atoms with Gasteiger partial charge in [0.05, 0.1) is 5.60 Å². The van der Waals surface area contributed by atoms with Crippen LogP contribution in [0, 0.1) is 0 Å². The molecule has 1 aromatic rings. The molecule has 0 heterocycles. The zero-order chi connectivity index (χ0) is 15.6. The van der Waals surface area contributed by atoms with Crippen LogP contribution in [0.3, 0.4) is 0 Å². The van der Waals surface area contributed by atoms with Crippen LogP contribution in [0.4, 0.5) is 5.69 Å². The van der Waals surface area contributed by atoms with E-state index in [4.69, 9.17) is 4.74 Å². The standard InChI is InChI=1S/C16H28N4O/c1-16(2,21-4)13-20-15(17-3)19-12-8-11-18-14-9-6-5-7-10-14/h5-7,9-10,18H,8,11-13H2,1-4H3,(H2,17,19,20). The molecule has 3 N–H and O–H groups in total. The van der Waals surface area contributed by atoms with Crippen molar-refractivity contribution in [1.82, 2.24) is 10.6 Å². The SMILES string of the molecule is CN=C(NCCCNc1ccccc1)NCC(C)(C)OC. The third-order valence-electron chi connectivity index (χ3n) is 3.21. The first kappa shape index (κ1) is 17.3. The second-order valence-corrected chi connectivity index (χ2v) is 5.46. The summed E-state index contributed by atoms with van der Waals surface area (Å²) in [6.07, 6.45) is 1.02. The first-order valence-electron chi connectivity index (χ1n) is 7.36. The number of hydrogen-bond donors (Lipinski definition) is 3. The highest BCUT2D eigenvalue weighted by Gasteiger charge is 2.16. The van der Waals surface area contributed by atoms with Gasteiger partial charge in [-0.3, -0.25) is 4.99 Å². The Bertz CT molecular complexity index is 418. The Morgan fingerprint density at radius 1 is 1.14 bits per heavy atom. The minimum atomic E-state index is -0.202. The van der Waals surface area contributed by atoms with Gasteiger partial charge in [0.15, 0.2) is 5.96 Å². The van der Waals surface area contributed by atoms with Gasteiger partial charge in [0.25, 0.3) is 0 Å². The molecule has 118 valence electrons. The first-order chi connectivity index (χ1) is 10.1. The van der Waals surface area contributed by atoms with E-state index in [0.29, 0.717) is 6.54 Å². The summed E-state index contributed by atoms with van der Waals surface area (Å²) < 4.78 is 5.37. The van der Waals surface area contributed by atoms with Crippen molar-refractivity contribution in [3.05, 3.63) is 30.3 Å². The smallest absolute Gasteiger partial charge is 0.191 e. The van der Waals surface area contributed by atoms with Crippen LogP contribution in [0.5, 0.6) is 0 Å². The number of methoxy groups -OCH3 is 1. The Morgan fingerprint density at radius 2 is 1.86 bits per heavy atom. The molecule has 0 radical (unpaired) electrons. The average molecular weight is 292 g/mol. The van der Waals surface area contributed by atoms with Crippen molar-refractivity contribution in [3.8, 4) is 0 Å². The van der Waals surface area contributed by atoms with Crippen molar-refractivity contribution in [3.63, 3.8) is 0 Å². The third kappa shape index (κ3) is 7.56. The number of hydrogen-bond acceptors (Lipinski definition) is 3. The van der Waals surface area contributed by atoms with Gasteiger partial charge in [0, 0.05) is 39.5 Å². The van der Waals surface area contributed by atoms with Gasteiger partial charge in [-0.15, -0.1) is 0 Å². The lowest BCUT2D eigenvalue weighted by atomic mass is 10.1. The summed E-state index contributed by atoms with van der Waals surface area (Å²) in [6.45, 7) is 6.59. The molecule has 0 bridgehead atoms. The second-order valence-electron chi connectivity index (χ2n) is 5.46. The lowest BCUT2D eigenvalue weighted by Gasteiger charge is -2.24. The maximum absolute atomic E-state index is 5.37. The molecule has 5 heteroatoms. The van der Waals surface area contributed by atoms with Crippen LogP contribution >= 0.6 is 0 Å². The number of aliphatic imine (C=N–C) groups is 1. The van der Waals surface area contributed by atoms with E-state index in [1.165, 1.54) is 0 Å². The number of anilines is 1. The van der Waals surface area contributed by atoms with Gasteiger partial charge in [0.1, 0.15) is 0 Å². The average Bonchev–Trinajstić information content (AvgIpc) is 2.51. The fraction of sp³-hybridized carbons (Fsp3) is 0.562. The van der Waals surface area contributed by atoms with E-state index in [-0.39, 0.29) is 5.60 Å². The Hall–Kier alpha value is -1.75. The molecule has 0 saturated carbocycles. The highest BCUT2D eigenvalue weighted by Crippen LogP contribution is 2.05. The fourth-order valence-corrected chi connectivity index (χ4v) is 1.67. The summed E-state index contributed by atoms with van der Waals surface area (Å²) in [7, 11) is 3.49. The Labute approximate surface area is 128 Å². The fourth-order valence-electron chi connectivity index (χ4n) is 1.67. The molecule has 0 aromatic heterocycles. The predicted octanol–water partition coefficient (Wildman–Crippen LogP) is 2.08. The zero-order valence-corrected chi connectivity index (χ0v) is 13.6. The Balaban J connectivity index is 2.15. The van der Waals surface area contributed by atoms with Crippen LogP contribution < -0.4 is 16.0 Å². The number of guanidine groups is 1. The summed E-state index contributed by atoms with van der Waals surface area (Å²) in [5, 5.41) is 9.94. The van der Waals surface area contributed by atoms with Crippen LogP contribution in [0.2, 0.25) is 0 Å². The summed E-state index contributed by atoms with van der Waals surface area (Å²) in [5.74, 6) is 0.805. The van der Waals surface area contributed by atoms with E-state index >= 15 is 0 Å². The predicted molar refractivity (Wildman–Crippen MR) is 90.0 cm³/mol. The minimum Gasteiger partial charge on any atom is -0.385 e. The summed E-state index contributed by atoms with van der Waals surface area (Å²) in [4.78, 5) is 4.20. The van der Waals surface area contributed by atoms with Crippen molar-refractivity contribution in [2.45, 2.75) is 25.9 Å². The second kappa shape index (κ2) is 9.23. The maximum atomic E-state index is 5.37. The topological polar surface area (TPSA) is 57.7 Å². The van der Waals surface area contributed by atoms with E-state index in [2.05, 4.69) is 33.1 Å². The molecule has 1 rings (SSSR count). The third-order valence-corrected chi connectivity index (χ3v) is 3.21. The molecular weight excluding hydrogens is 264 g/mol. The van der Waals surface area contributed by atoms with E-state index in [0.717, 1.165) is 31.2 Å². The van der Waals surface area contributed by atoms with E-state index in [1.54, 1.807) is 14.2 Å². The monoisotopic (exact) mass is 292 g/mol. The van der Waals surface area contributed by atoms with Gasteiger partial charge < -0.3 is 20.7 Å². The van der Waals surface area contributed by atoms with Crippen molar-refractivity contribution >= 4 is 11.6 Å². The van der Waals surface area contributed by atoms with E-state index in [1.807, 2.05) is 32.0 Å². The largest absolute Gasteiger partial charge is 0.385 e. The quantitative estimate of drug-likeness (QED) is 0.390. The number of nitrogens with one attached hydrogen (secondary N) is 3. The number of benzene rings is 1. The Kier molecular flexibility index (Phi) is 7.61. The molecule has 0 spiro atoms. The Morgan fingerprint density at radius 3 is 2.48 bits per heavy atom. The highest BCUT2D eigenvalue weighted by atomic mass is 16.5. The molecule has 0 unspecified atom stereocenters. The maximum Gasteiger partial charge on any atom is 0.191 e. The van der Waals surface area contributed by atoms with Crippen molar-refractivity contribution in [2.24, 2.45) is 4.99 Å². The first-order valence-corrected chi connectivity index (χ1v) is 7.36. The molecule has 21 heavy (non-hydrogen) atoms. The summed E-state index contributed by atoms with van der Waals surface area (Å²) in [6, 6.07) is 10.2. The molecule has 0 aliphatic carbocycles. The van der Waals surface area contributed by atoms with Gasteiger partial charge >= 0.3 is 0 Å². The molecule has 0 saturated heterocycles. The van der Waals surface area contributed by atoms with E-state index in [9.17, 15) is 0 Å². The highest BCUT2D eigenvalue weighted by molar-refractivity contribution is 5.79. The van der Waals surface area contributed by atoms with Crippen molar-refractivity contribution in [2.75, 3.05) is 39.1 Å². The zero-order valence-electron chi connectivity index (χ0n) is 13.6. The summed E-state index contributed by atoms with van der Waals surface area (Å²) in [5.41, 5.74) is 0.953. The molecule has 0 fully saturated rings. The van der Waals surface area contributed by atoms with Crippen molar-refractivity contribution in [1.29, 1.82) is 0 Å². The van der Waals surface area contributed by atoms with Gasteiger partial charge in [0.2, 0.25) is 0 Å². The number of ether oxygens (including phenoxy) is 1. The minimum absolute atomic E-state index is 0.202. The van der Waals surface area contributed by atoms with Gasteiger partial charge in [-0.05, 0) is 32.4 Å². The summed E-state index contributed by atoms with van der Waals surface area (Å²) >= 11 is 0. The number of rotatable bonds is 8. The lowest BCUT2D eigenvalue weighted by Crippen LogP contribution is -2.45. The van der Waals surface area contributed by atoms with Gasteiger partial charge in [-0.25, -0.2) is 0 Å². The van der Waals surface area contributed by atoms with Crippen LogP contribution in [-0.4, -0.2) is 45.4 Å². The van der Waals surface area contributed by atoms with Crippen LogP contribution in [0.15, 0.2) is 35.3 Å². The van der Waals surface area contributed by atoms with Gasteiger partial charge in [-0.2, -0.15) is 0 Å². The molecule has 5 nitrogen and oxygen atoms in total. The normalized spacial score (nSPS) is 12.1. The van der Waals surface area contributed by atoms with Crippen LogP contribution in [0.25, 0.3) is 0 Å². The molecule has 0 amide bonds. The molecule has 0 aliphatic rings. The van der Waals surface area contributed by atoms with Gasteiger partial charge in [-0.1, -0.05) is 18.2 Å². The van der Waals surface area contributed by atoms with Crippen LogP contribution in [0.1, 0.15) is 20.3 Å².